The molecular weight excluding hydrogens is 432 g/mol. The summed E-state index contributed by atoms with van der Waals surface area (Å²) in [6.45, 7) is 6.61. The van der Waals surface area contributed by atoms with Gasteiger partial charge in [0.25, 0.3) is 11.8 Å². The molecular formula is C26H30N4O4+2. The molecule has 2 atom stereocenters. The van der Waals surface area contributed by atoms with Crippen molar-refractivity contribution in [3.05, 3.63) is 59.7 Å². The summed E-state index contributed by atoms with van der Waals surface area (Å²) in [7, 11) is 0. The van der Waals surface area contributed by atoms with E-state index in [1.165, 1.54) is 9.80 Å². The molecule has 0 unspecified atom stereocenters. The molecule has 2 N–H and O–H groups in total. The van der Waals surface area contributed by atoms with Gasteiger partial charge >= 0.3 is 0 Å². The number of imide groups is 2. The summed E-state index contributed by atoms with van der Waals surface area (Å²) in [4.78, 5) is 56.5. The van der Waals surface area contributed by atoms with Crippen LogP contribution in [0, 0.1) is 13.8 Å². The van der Waals surface area contributed by atoms with Crippen LogP contribution in [0.5, 0.6) is 0 Å². The van der Waals surface area contributed by atoms with Gasteiger partial charge in [-0.15, -0.1) is 0 Å². The number of carbonyl (C=O) groups is 4. The Balaban J connectivity index is 1.24. The summed E-state index contributed by atoms with van der Waals surface area (Å²) in [5.74, 6) is -0.611. The van der Waals surface area contributed by atoms with Gasteiger partial charge in [0.1, 0.15) is 26.2 Å². The van der Waals surface area contributed by atoms with E-state index in [0.29, 0.717) is 37.6 Å². The lowest BCUT2D eigenvalue weighted by Crippen LogP contribution is -3.31. The number of anilines is 2. The second-order valence-electron chi connectivity index (χ2n) is 9.64. The van der Waals surface area contributed by atoms with Crippen LogP contribution in [-0.4, -0.2) is 61.9 Å². The lowest BCUT2D eigenvalue weighted by molar-refractivity contribution is -1.02. The number of carbonyl (C=O) groups excluding carboxylic acids is 4. The largest absolute Gasteiger partial charge is 0.315 e. The molecule has 2 aromatic rings. The molecule has 3 aliphatic heterocycles. The van der Waals surface area contributed by atoms with E-state index in [4.69, 9.17) is 0 Å². The van der Waals surface area contributed by atoms with Crippen LogP contribution in [0.25, 0.3) is 0 Å². The zero-order valence-corrected chi connectivity index (χ0v) is 19.5. The first-order valence-electron chi connectivity index (χ1n) is 11.9. The molecule has 0 radical (unpaired) electrons. The third kappa shape index (κ3) is 3.93. The van der Waals surface area contributed by atoms with E-state index < -0.39 is 0 Å². The first kappa shape index (κ1) is 22.4. The van der Waals surface area contributed by atoms with Crippen LogP contribution >= 0.6 is 0 Å². The lowest BCUT2D eigenvalue weighted by atomic mass is 10.1. The molecule has 2 aromatic carbocycles. The molecule has 0 bridgehead atoms. The number of hydrogen-bond donors (Lipinski definition) is 2. The van der Waals surface area contributed by atoms with Crippen molar-refractivity contribution >= 4 is 35.0 Å². The van der Waals surface area contributed by atoms with Gasteiger partial charge in [-0.1, -0.05) is 24.3 Å². The molecule has 34 heavy (non-hydrogen) atoms. The highest BCUT2D eigenvalue weighted by Gasteiger charge is 2.50. The van der Waals surface area contributed by atoms with Crippen molar-refractivity contribution in [2.24, 2.45) is 0 Å². The molecule has 4 amide bonds. The second-order valence-corrected chi connectivity index (χ2v) is 9.64. The first-order valence-corrected chi connectivity index (χ1v) is 11.9. The molecule has 0 saturated carbocycles. The van der Waals surface area contributed by atoms with Crippen LogP contribution < -0.4 is 19.6 Å². The molecule has 3 heterocycles. The number of quaternary nitrogens is 2. The first-order chi connectivity index (χ1) is 16.3. The Bertz CT molecular complexity index is 1080. The van der Waals surface area contributed by atoms with E-state index in [0.717, 1.165) is 20.9 Å². The Kier molecular flexibility index (Phi) is 5.79. The van der Waals surface area contributed by atoms with Gasteiger partial charge in [-0.3, -0.25) is 19.2 Å². The summed E-state index contributed by atoms with van der Waals surface area (Å²) in [5, 5.41) is 0. The van der Waals surface area contributed by atoms with Gasteiger partial charge in [0.2, 0.25) is 11.8 Å². The normalized spacial score (nSPS) is 27.7. The van der Waals surface area contributed by atoms with Crippen molar-refractivity contribution in [2.45, 2.75) is 38.8 Å². The van der Waals surface area contributed by atoms with E-state index in [-0.39, 0.29) is 48.6 Å². The predicted molar refractivity (Wildman–Crippen MR) is 126 cm³/mol. The van der Waals surface area contributed by atoms with Crippen molar-refractivity contribution < 1.29 is 29.0 Å². The highest BCUT2D eigenvalue weighted by molar-refractivity contribution is 6.22. The minimum atomic E-state index is -0.390. The Labute approximate surface area is 198 Å². The Morgan fingerprint density at radius 3 is 1.38 bits per heavy atom. The quantitative estimate of drug-likeness (QED) is 0.574. The summed E-state index contributed by atoms with van der Waals surface area (Å²) in [5.41, 5.74) is 3.27. The summed E-state index contributed by atoms with van der Waals surface area (Å²) in [6.07, 6.45) is 0.416. The van der Waals surface area contributed by atoms with Crippen molar-refractivity contribution in [1.29, 1.82) is 0 Å². The number of hydrogen-bond acceptors (Lipinski definition) is 4. The second kappa shape index (κ2) is 8.77. The predicted octanol–water partition coefficient (Wildman–Crippen LogP) is -0.949. The molecule has 3 saturated heterocycles. The fourth-order valence-corrected chi connectivity index (χ4v) is 5.57. The maximum atomic E-state index is 13.2. The Morgan fingerprint density at radius 1 is 0.647 bits per heavy atom. The van der Waals surface area contributed by atoms with Gasteiger partial charge in [0, 0.05) is 0 Å². The highest BCUT2D eigenvalue weighted by Crippen LogP contribution is 2.24. The van der Waals surface area contributed by atoms with E-state index in [1.807, 2.05) is 50.2 Å². The van der Waals surface area contributed by atoms with Crippen LogP contribution in [0.3, 0.4) is 0 Å². The fourth-order valence-electron chi connectivity index (χ4n) is 5.57. The van der Waals surface area contributed by atoms with Crippen LogP contribution in [0.15, 0.2) is 48.5 Å². The van der Waals surface area contributed by atoms with Crippen molar-refractivity contribution in [3.8, 4) is 0 Å². The van der Waals surface area contributed by atoms with Crippen LogP contribution in [0.1, 0.15) is 24.0 Å². The number of benzene rings is 2. The topological polar surface area (TPSA) is 83.6 Å². The van der Waals surface area contributed by atoms with E-state index in [2.05, 4.69) is 0 Å². The van der Waals surface area contributed by atoms with Gasteiger partial charge in [0.05, 0.1) is 24.2 Å². The van der Waals surface area contributed by atoms with Crippen molar-refractivity contribution in [1.82, 2.24) is 0 Å². The molecule has 8 nitrogen and oxygen atoms in total. The Hall–Kier alpha value is -3.36. The molecule has 0 spiro atoms. The number of aryl methyl sites for hydroxylation is 2. The minimum absolute atomic E-state index is 0.146. The van der Waals surface area contributed by atoms with Crippen LogP contribution in [0.4, 0.5) is 11.4 Å². The zero-order valence-electron chi connectivity index (χ0n) is 19.5. The van der Waals surface area contributed by atoms with Gasteiger partial charge < -0.3 is 9.80 Å². The molecule has 176 valence electrons. The van der Waals surface area contributed by atoms with Crippen molar-refractivity contribution in [3.63, 3.8) is 0 Å². The van der Waals surface area contributed by atoms with E-state index >= 15 is 0 Å². The van der Waals surface area contributed by atoms with Crippen molar-refractivity contribution in [2.75, 3.05) is 36.0 Å². The minimum Gasteiger partial charge on any atom is -0.315 e. The molecule has 8 heteroatoms. The molecule has 0 aromatic heterocycles. The van der Waals surface area contributed by atoms with Gasteiger partial charge in [-0.25, -0.2) is 9.80 Å². The van der Waals surface area contributed by atoms with Crippen LogP contribution in [-0.2, 0) is 19.2 Å². The monoisotopic (exact) mass is 462 g/mol. The number of nitrogens with one attached hydrogen (secondary N) is 2. The number of rotatable bonds is 4. The van der Waals surface area contributed by atoms with Crippen LogP contribution in [0.2, 0.25) is 0 Å². The maximum absolute atomic E-state index is 13.2. The summed E-state index contributed by atoms with van der Waals surface area (Å²) < 4.78 is 0. The SMILES string of the molecule is Cc1cccc(N2C(=O)C[C@H]([NH+]3CC[NH+]([C@H]4CC(=O)N(c5cccc(C)c5)C4=O)CC3)C2=O)c1. The van der Waals surface area contributed by atoms with Gasteiger partial charge in [0.15, 0.2) is 12.1 Å². The third-order valence-corrected chi connectivity index (χ3v) is 7.33. The van der Waals surface area contributed by atoms with E-state index in [9.17, 15) is 19.2 Å². The zero-order chi connectivity index (χ0) is 24.0. The lowest BCUT2D eigenvalue weighted by Gasteiger charge is -2.34. The van der Waals surface area contributed by atoms with Gasteiger partial charge in [-0.2, -0.15) is 0 Å². The number of piperazine rings is 1. The van der Waals surface area contributed by atoms with Gasteiger partial charge in [-0.05, 0) is 49.2 Å². The third-order valence-electron chi connectivity index (χ3n) is 7.33. The fraction of sp³-hybridized carbons (Fsp3) is 0.385. The standard InChI is InChI=1S/C26H28N4O4/c1-17-5-3-7-19(13-17)29-23(31)15-21(25(29)33)27-9-11-28(12-10-27)22-16-24(32)30(26(22)34)20-8-4-6-18(2)14-20/h3-8,13-14,21-22H,9-12,15-16H2,1-2H3/p+2/t21-,22-/m0/s1. The van der Waals surface area contributed by atoms with E-state index in [1.54, 1.807) is 12.1 Å². The number of amides is 4. The summed E-state index contributed by atoms with van der Waals surface area (Å²) >= 11 is 0. The molecule has 0 aliphatic carbocycles. The smallest absolute Gasteiger partial charge is 0.292 e. The molecule has 5 rings (SSSR count). The Morgan fingerprint density at radius 2 is 1.03 bits per heavy atom. The summed E-state index contributed by atoms with van der Waals surface area (Å²) in [6, 6.07) is 14.1. The average Bonchev–Trinajstić information content (AvgIpc) is 3.28. The number of nitrogens with zero attached hydrogens (tertiary/aromatic N) is 2. The highest BCUT2D eigenvalue weighted by atomic mass is 16.2. The average molecular weight is 463 g/mol. The maximum Gasteiger partial charge on any atom is 0.292 e. The molecule has 3 fully saturated rings. The molecule has 3 aliphatic rings.